The Kier molecular flexibility index (Phi) is 5.52. The number of pyridine rings is 1. The number of amides is 1. The number of aryl methyl sites for hydroxylation is 1. The van der Waals surface area contributed by atoms with Gasteiger partial charge in [-0.15, -0.1) is 11.3 Å². The van der Waals surface area contributed by atoms with Crippen LogP contribution in [0.2, 0.25) is 0 Å². The van der Waals surface area contributed by atoms with Gasteiger partial charge in [-0.1, -0.05) is 31.2 Å². The van der Waals surface area contributed by atoms with Gasteiger partial charge in [0.15, 0.2) is 5.13 Å². The molecular formula is C20H16N4OS. The van der Waals surface area contributed by atoms with Gasteiger partial charge in [0.25, 0.3) is 5.91 Å². The van der Waals surface area contributed by atoms with Crippen molar-refractivity contribution in [3.05, 3.63) is 70.9 Å². The summed E-state index contributed by atoms with van der Waals surface area (Å²) in [5.41, 5.74) is 3.80. The summed E-state index contributed by atoms with van der Waals surface area (Å²) in [4.78, 5) is 20.7. The molecule has 3 aromatic rings. The van der Waals surface area contributed by atoms with Crippen molar-refractivity contribution in [2.75, 3.05) is 5.32 Å². The van der Waals surface area contributed by atoms with Crippen LogP contribution in [-0.2, 0) is 11.2 Å². The predicted molar refractivity (Wildman–Crippen MR) is 103 cm³/mol. The van der Waals surface area contributed by atoms with Crippen LogP contribution in [0, 0.1) is 11.3 Å². The van der Waals surface area contributed by atoms with Gasteiger partial charge < -0.3 is 0 Å². The predicted octanol–water partition coefficient (Wildman–Crippen LogP) is 4.31. The van der Waals surface area contributed by atoms with Crippen molar-refractivity contribution in [1.29, 1.82) is 5.26 Å². The maximum absolute atomic E-state index is 12.3. The quantitative estimate of drug-likeness (QED) is 0.543. The molecule has 0 aliphatic heterocycles. The van der Waals surface area contributed by atoms with E-state index in [1.54, 1.807) is 24.5 Å². The van der Waals surface area contributed by atoms with Gasteiger partial charge in [-0.05, 0) is 35.8 Å². The number of carbonyl (C=O) groups excluding carboxylic acids is 1. The van der Waals surface area contributed by atoms with E-state index >= 15 is 0 Å². The second-order valence-corrected chi connectivity index (χ2v) is 6.35. The number of aromatic nitrogens is 2. The molecule has 0 saturated carbocycles. The highest BCUT2D eigenvalue weighted by atomic mass is 32.1. The lowest BCUT2D eigenvalue weighted by molar-refractivity contribution is -0.112. The van der Waals surface area contributed by atoms with E-state index in [1.807, 2.05) is 23.6 Å². The van der Waals surface area contributed by atoms with Crippen LogP contribution in [0.25, 0.3) is 17.3 Å². The van der Waals surface area contributed by atoms with Crippen LogP contribution < -0.4 is 5.32 Å². The Morgan fingerprint density at radius 3 is 2.62 bits per heavy atom. The van der Waals surface area contributed by atoms with Crippen molar-refractivity contribution in [1.82, 2.24) is 9.97 Å². The SMILES string of the molecule is CCc1ccc(-c2csc(NC(=O)/C(C#N)=C/c3ccncc3)n2)cc1. The third-order valence-electron chi connectivity index (χ3n) is 3.76. The summed E-state index contributed by atoms with van der Waals surface area (Å²) in [5.74, 6) is -0.480. The molecule has 0 spiro atoms. The first kappa shape index (κ1) is 17.5. The first-order valence-corrected chi connectivity index (χ1v) is 8.95. The molecular weight excluding hydrogens is 344 g/mol. The lowest BCUT2D eigenvalue weighted by Gasteiger charge is -2.01. The number of rotatable bonds is 5. The van der Waals surface area contributed by atoms with Gasteiger partial charge in [0.2, 0.25) is 0 Å². The highest BCUT2D eigenvalue weighted by Crippen LogP contribution is 2.25. The Morgan fingerprint density at radius 1 is 1.23 bits per heavy atom. The molecule has 2 aromatic heterocycles. The molecule has 128 valence electrons. The monoisotopic (exact) mass is 360 g/mol. The van der Waals surface area contributed by atoms with Crippen LogP contribution >= 0.6 is 11.3 Å². The Hall–Kier alpha value is -3.30. The van der Waals surface area contributed by atoms with Crippen molar-refractivity contribution in [2.24, 2.45) is 0 Å². The number of thiazole rings is 1. The van der Waals surface area contributed by atoms with E-state index in [1.165, 1.54) is 23.0 Å². The molecule has 2 heterocycles. The molecule has 3 rings (SSSR count). The van der Waals surface area contributed by atoms with Crippen LogP contribution in [-0.4, -0.2) is 15.9 Å². The molecule has 0 saturated heterocycles. The van der Waals surface area contributed by atoms with E-state index in [0.717, 1.165) is 23.2 Å². The summed E-state index contributed by atoms with van der Waals surface area (Å²) in [6, 6.07) is 13.6. The van der Waals surface area contributed by atoms with Gasteiger partial charge in [-0.3, -0.25) is 15.1 Å². The molecule has 6 heteroatoms. The smallest absolute Gasteiger partial charge is 0.268 e. The van der Waals surface area contributed by atoms with E-state index in [0.29, 0.717) is 5.13 Å². The average Bonchev–Trinajstić information content (AvgIpc) is 3.15. The van der Waals surface area contributed by atoms with Crippen molar-refractivity contribution in [3.8, 4) is 17.3 Å². The minimum Gasteiger partial charge on any atom is -0.297 e. The molecule has 1 amide bonds. The van der Waals surface area contributed by atoms with Crippen molar-refractivity contribution in [3.63, 3.8) is 0 Å². The zero-order valence-electron chi connectivity index (χ0n) is 14.1. The highest BCUT2D eigenvalue weighted by Gasteiger charge is 2.12. The standard InChI is InChI=1S/C20H16N4OS/c1-2-14-3-5-16(6-4-14)18-13-26-20(23-18)24-19(25)17(12-21)11-15-7-9-22-10-8-15/h3-11,13H,2H2,1H3,(H,23,24,25)/b17-11+. The molecule has 0 unspecified atom stereocenters. The van der Waals surface area contributed by atoms with Gasteiger partial charge >= 0.3 is 0 Å². The fourth-order valence-electron chi connectivity index (χ4n) is 2.31. The van der Waals surface area contributed by atoms with Crippen LogP contribution in [0.1, 0.15) is 18.1 Å². The van der Waals surface area contributed by atoms with E-state index in [4.69, 9.17) is 0 Å². The summed E-state index contributed by atoms with van der Waals surface area (Å²) in [6.45, 7) is 2.11. The minimum absolute atomic E-state index is 0.0141. The molecule has 0 bridgehead atoms. The zero-order valence-corrected chi connectivity index (χ0v) is 15.0. The Labute approximate surface area is 155 Å². The van der Waals surface area contributed by atoms with E-state index < -0.39 is 5.91 Å². The van der Waals surface area contributed by atoms with Crippen LogP contribution in [0.5, 0.6) is 0 Å². The summed E-state index contributed by atoms with van der Waals surface area (Å²) in [7, 11) is 0. The third kappa shape index (κ3) is 4.21. The van der Waals surface area contributed by atoms with Gasteiger partial charge in [0, 0.05) is 23.3 Å². The van der Waals surface area contributed by atoms with E-state index in [2.05, 4.69) is 34.3 Å². The second kappa shape index (κ2) is 8.19. The maximum atomic E-state index is 12.3. The molecule has 0 atom stereocenters. The molecule has 0 radical (unpaired) electrons. The number of nitrogens with one attached hydrogen (secondary N) is 1. The summed E-state index contributed by atoms with van der Waals surface area (Å²) >= 11 is 1.33. The van der Waals surface area contributed by atoms with Gasteiger partial charge in [-0.2, -0.15) is 5.26 Å². The number of hydrogen-bond acceptors (Lipinski definition) is 5. The third-order valence-corrected chi connectivity index (χ3v) is 4.52. The summed E-state index contributed by atoms with van der Waals surface area (Å²) in [6.07, 6.45) is 5.72. The van der Waals surface area contributed by atoms with Crippen LogP contribution in [0.4, 0.5) is 5.13 Å². The number of nitriles is 1. The van der Waals surface area contributed by atoms with Crippen molar-refractivity contribution in [2.45, 2.75) is 13.3 Å². The van der Waals surface area contributed by atoms with Crippen molar-refractivity contribution < 1.29 is 4.79 Å². The molecule has 0 fully saturated rings. The lowest BCUT2D eigenvalue weighted by atomic mass is 10.1. The van der Waals surface area contributed by atoms with Gasteiger partial charge in [0.05, 0.1) is 5.69 Å². The number of nitrogens with zero attached hydrogens (tertiary/aromatic N) is 3. The largest absolute Gasteiger partial charge is 0.297 e. The Morgan fingerprint density at radius 2 is 1.96 bits per heavy atom. The Balaban J connectivity index is 1.74. The van der Waals surface area contributed by atoms with Crippen LogP contribution in [0.15, 0.2) is 59.7 Å². The molecule has 0 aliphatic rings. The fourth-order valence-corrected chi connectivity index (χ4v) is 3.03. The topological polar surface area (TPSA) is 78.7 Å². The normalized spacial score (nSPS) is 11.0. The highest BCUT2D eigenvalue weighted by molar-refractivity contribution is 7.14. The van der Waals surface area contributed by atoms with Crippen molar-refractivity contribution >= 4 is 28.5 Å². The number of anilines is 1. The molecule has 26 heavy (non-hydrogen) atoms. The van der Waals surface area contributed by atoms with Gasteiger partial charge in [-0.25, -0.2) is 4.98 Å². The first-order valence-electron chi connectivity index (χ1n) is 8.07. The van der Waals surface area contributed by atoms with Gasteiger partial charge in [0.1, 0.15) is 11.6 Å². The average molecular weight is 360 g/mol. The molecule has 0 aliphatic carbocycles. The number of benzene rings is 1. The molecule has 1 aromatic carbocycles. The number of hydrogen-bond donors (Lipinski definition) is 1. The summed E-state index contributed by atoms with van der Waals surface area (Å²) < 4.78 is 0. The summed E-state index contributed by atoms with van der Waals surface area (Å²) in [5, 5.41) is 14.3. The number of carbonyl (C=O) groups is 1. The molecule has 1 N–H and O–H groups in total. The zero-order chi connectivity index (χ0) is 18.4. The second-order valence-electron chi connectivity index (χ2n) is 5.49. The maximum Gasteiger partial charge on any atom is 0.268 e. The molecule has 5 nitrogen and oxygen atoms in total. The first-order chi connectivity index (χ1) is 12.7. The van der Waals surface area contributed by atoms with Crippen LogP contribution in [0.3, 0.4) is 0 Å². The lowest BCUT2D eigenvalue weighted by Crippen LogP contribution is -2.13. The Bertz CT molecular complexity index is 969. The fraction of sp³-hybridized carbons (Fsp3) is 0.100. The minimum atomic E-state index is -0.480. The van der Waals surface area contributed by atoms with E-state index in [9.17, 15) is 10.1 Å². The van der Waals surface area contributed by atoms with E-state index in [-0.39, 0.29) is 5.57 Å².